The van der Waals surface area contributed by atoms with Crippen LogP contribution < -0.4 is 0 Å². The van der Waals surface area contributed by atoms with Crippen LogP contribution >= 0.6 is 0 Å². The van der Waals surface area contributed by atoms with Gasteiger partial charge in [0.25, 0.3) is 0 Å². The Hall–Kier alpha value is -3.01. The molecule has 4 nitrogen and oxygen atoms in total. The van der Waals surface area contributed by atoms with Gasteiger partial charge in [0.15, 0.2) is 0 Å². The van der Waals surface area contributed by atoms with Gasteiger partial charge in [-0.3, -0.25) is 0 Å². The summed E-state index contributed by atoms with van der Waals surface area (Å²) >= 11 is 0. The number of aromatic hydroxyl groups is 2. The number of fused-ring (bicyclic) bond motifs is 1. The SMILES string of the molecule is O=C(O)c1cc(O)c2cc(-c3cc(C45CC6CC(CC(C6)C4)C5)ccc3O)ccc2c1. The van der Waals surface area contributed by atoms with E-state index in [1.165, 1.54) is 50.2 Å². The lowest BCUT2D eigenvalue weighted by Crippen LogP contribution is -2.48. The third-order valence-corrected chi connectivity index (χ3v) is 8.14. The summed E-state index contributed by atoms with van der Waals surface area (Å²) in [4.78, 5) is 11.3. The average Bonchev–Trinajstić information content (AvgIpc) is 2.73. The van der Waals surface area contributed by atoms with Gasteiger partial charge in [0, 0.05) is 10.9 Å². The zero-order valence-electron chi connectivity index (χ0n) is 17.3. The van der Waals surface area contributed by atoms with Crippen LogP contribution in [0.2, 0.25) is 0 Å². The second-order valence-electron chi connectivity index (χ2n) is 10.2. The van der Waals surface area contributed by atoms with E-state index in [0.29, 0.717) is 10.8 Å². The first-order valence-electron chi connectivity index (χ1n) is 11.2. The van der Waals surface area contributed by atoms with Crippen molar-refractivity contribution in [1.82, 2.24) is 0 Å². The van der Waals surface area contributed by atoms with Crippen molar-refractivity contribution < 1.29 is 20.1 Å². The summed E-state index contributed by atoms with van der Waals surface area (Å²) in [6.45, 7) is 0. The van der Waals surface area contributed by atoms with Gasteiger partial charge >= 0.3 is 5.97 Å². The van der Waals surface area contributed by atoms with Crippen molar-refractivity contribution in [3.8, 4) is 22.6 Å². The van der Waals surface area contributed by atoms with Crippen LogP contribution in [0.3, 0.4) is 0 Å². The van der Waals surface area contributed by atoms with Gasteiger partial charge in [0.2, 0.25) is 0 Å². The highest BCUT2D eigenvalue weighted by atomic mass is 16.4. The molecule has 4 fully saturated rings. The molecule has 4 heteroatoms. The van der Waals surface area contributed by atoms with Gasteiger partial charge in [-0.2, -0.15) is 0 Å². The third-order valence-electron chi connectivity index (χ3n) is 8.14. The first-order valence-corrected chi connectivity index (χ1v) is 11.2. The number of carboxylic acids is 1. The first kappa shape index (κ1) is 18.7. The van der Waals surface area contributed by atoms with Crippen LogP contribution in [0, 0.1) is 17.8 Å². The summed E-state index contributed by atoms with van der Waals surface area (Å²) in [6, 6.07) is 14.5. The van der Waals surface area contributed by atoms with E-state index in [1.807, 2.05) is 24.3 Å². The smallest absolute Gasteiger partial charge is 0.335 e. The number of hydrogen-bond donors (Lipinski definition) is 3. The summed E-state index contributed by atoms with van der Waals surface area (Å²) in [5, 5.41) is 31.6. The number of benzene rings is 3. The molecule has 4 bridgehead atoms. The zero-order chi connectivity index (χ0) is 21.3. The quantitative estimate of drug-likeness (QED) is 0.485. The number of carboxylic acid groups (broad SMARTS) is 1. The Morgan fingerprint density at radius 1 is 0.806 bits per heavy atom. The van der Waals surface area contributed by atoms with Crippen molar-refractivity contribution in [3.05, 3.63) is 59.7 Å². The van der Waals surface area contributed by atoms with Crippen LogP contribution in [0.15, 0.2) is 48.5 Å². The maximum absolute atomic E-state index is 11.3. The summed E-state index contributed by atoms with van der Waals surface area (Å²) in [5.41, 5.74) is 3.24. The third kappa shape index (κ3) is 2.92. The Balaban J connectivity index is 1.44. The Morgan fingerprint density at radius 3 is 2.13 bits per heavy atom. The van der Waals surface area contributed by atoms with E-state index >= 15 is 0 Å². The maximum atomic E-state index is 11.3. The lowest BCUT2D eigenvalue weighted by atomic mass is 9.48. The molecule has 3 N–H and O–H groups in total. The summed E-state index contributed by atoms with van der Waals surface area (Å²) in [5.74, 6) is 1.66. The fraction of sp³-hybridized carbons (Fsp3) is 0.370. The van der Waals surface area contributed by atoms with Crippen LogP contribution in [0.4, 0.5) is 0 Å². The molecule has 0 aliphatic heterocycles. The zero-order valence-corrected chi connectivity index (χ0v) is 17.3. The molecule has 31 heavy (non-hydrogen) atoms. The fourth-order valence-corrected chi connectivity index (χ4v) is 7.19. The minimum Gasteiger partial charge on any atom is -0.507 e. The van der Waals surface area contributed by atoms with Gasteiger partial charge in [-0.15, -0.1) is 0 Å². The molecule has 0 spiro atoms. The molecule has 3 aromatic rings. The van der Waals surface area contributed by atoms with Crippen molar-refractivity contribution in [2.24, 2.45) is 17.8 Å². The van der Waals surface area contributed by atoms with Crippen molar-refractivity contribution in [2.45, 2.75) is 43.9 Å². The van der Waals surface area contributed by atoms with E-state index in [0.717, 1.165) is 28.9 Å². The Morgan fingerprint density at radius 2 is 1.48 bits per heavy atom. The maximum Gasteiger partial charge on any atom is 0.335 e. The first-order chi connectivity index (χ1) is 14.9. The molecule has 0 aromatic heterocycles. The van der Waals surface area contributed by atoms with Crippen molar-refractivity contribution in [3.63, 3.8) is 0 Å². The minimum absolute atomic E-state index is 0.0596. The molecule has 0 saturated heterocycles. The number of aromatic carboxylic acids is 1. The molecule has 0 radical (unpaired) electrons. The summed E-state index contributed by atoms with van der Waals surface area (Å²) < 4.78 is 0. The van der Waals surface area contributed by atoms with Crippen LogP contribution in [0.5, 0.6) is 11.5 Å². The fourth-order valence-electron chi connectivity index (χ4n) is 7.19. The van der Waals surface area contributed by atoms with Gasteiger partial charge in [-0.1, -0.05) is 18.2 Å². The predicted molar refractivity (Wildman–Crippen MR) is 120 cm³/mol. The highest BCUT2D eigenvalue weighted by Gasteiger charge is 2.51. The Bertz CT molecular complexity index is 1190. The minimum atomic E-state index is -1.07. The number of rotatable bonds is 3. The van der Waals surface area contributed by atoms with E-state index in [-0.39, 0.29) is 22.5 Å². The van der Waals surface area contributed by atoms with E-state index in [1.54, 1.807) is 6.07 Å². The predicted octanol–water partition coefficient (Wildman–Crippen LogP) is 6.08. The largest absolute Gasteiger partial charge is 0.507 e. The molecule has 0 amide bonds. The molecule has 0 unspecified atom stereocenters. The second kappa shape index (κ2) is 6.49. The topological polar surface area (TPSA) is 77.8 Å². The average molecular weight is 415 g/mol. The highest BCUT2D eigenvalue weighted by Crippen LogP contribution is 2.61. The molecule has 0 heterocycles. The monoisotopic (exact) mass is 414 g/mol. The molecular formula is C27H26O4. The van der Waals surface area contributed by atoms with E-state index in [2.05, 4.69) is 12.1 Å². The van der Waals surface area contributed by atoms with Gasteiger partial charge in [-0.05, 0) is 109 Å². The highest BCUT2D eigenvalue weighted by molar-refractivity contribution is 5.99. The Kier molecular flexibility index (Phi) is 3.92. The molecule has 0 atom stereocenters. The Labute approximate surface area is 181 Å². The van der Waals surface area contributed by atoms with Crippen molar-refractivity contribution in [1.29, 1.82) is 0 Å². The van der Waals surface area contributed by atoms with Gasteiger partial charge < -0.3 is 15.3 Å². The molecule has 3 aromatic carbocycles. The summed E-state index contributed by atoms with van der Waals surface area (Å²) in [7, 11) is 0. The van der Waals surface area contributed by atoms with Crippen LogP contribution in [0.25, 0.3) is 21.9 Å². The number of phenols is 2. The normalized spacial score (nSPS) is 28.8. The second-order valence-corrected chi connectivity index (χ2v) is 10.2. The summed E-state index contributed by atoms with van der Waals surface area (Å²) in [6.07, 6.45) is 7.98. The standard InChI is InChI=1S/C27H26O4/c28-24-4-3-21(27-12-15-5-16(13-27)7-17(6-15)14-27)11-23(24)19-2-1-18-8-20(26(30)31)10-25(29)22(18)9-19/h1-4,8-11,15-17,28-29H,5-7,12-14H2,(H,30,31). The van der Waals surface area contributed by atoms with Gasteiger partial charge in [-0.25, -0.2) is 4.79 Å². The van der Waals surface area contributed by atoms with Crippen molar-refractivity contribution >= 4 is 16.7 Å². The van der Waals surface area contributed by atoms with E-state index in [4.69, 9.17) is 0 Å². The van der Waals surface area contributed by atoms with E-state index < -0.39 is 5.97 Å². The number of hydrogen-bond acceptors (Lipinski definition) is 3. The molecule has 4 saturated carbocycles. The molecule has 158 valence electrons. The molecule has 4 aliphatic rings. The van der Waals surface area contributed by atoms with Crippen molar-refractivity contribution in [2.75, 3.05) is 0 Å². The molecular weight excluding hydrogens is 388 g/mol. The van der Waals surface area contributed by atoms with Crippen LogP contribution in [-0.2, 0) is 5.41 Å². The van der Waals surface area contributed by atoms with Gasteiger partial charge in [0.05, 0.1) is 5.56 Å². The number of carbonyl (C=O) groups is 1. The van der Waals surface area contributed by atoms with E-state index in [9.17, 15) is 20.1 Å². The lowest BCUT2D eigenvalue weighted by molar-refractivity contribution is -0.00518. The molecule has 7 rings (SSSR count). The van der Waals surface area contributed by atoms with Crippen LogP contribution in [0.1, 0.15) is 54.4 Å². The lowest BCUT2D eigenvalue weighted by Gasteiger charge is -2.57. The molecule has 4 aliphatic carbocycles. The number of phenolic OH excluding ortho intramolecular Hbond substituents is 2. The van der Waals surface area contributed by atoms with Gasteiger partial charge in [0.1, 0.15) is 11.5 Å². The van der Waals surface area contributed by atoms with Crippen LogP contribution in [-0.4, -0.2) is 21.3 Å².